The molecule has 0 bridgehead atoms. The Morgan fingerprint density at radius 2 is 1.20 bits per heavy atom. The van der Waals surface area contributed by atoms with Crippen molar-refractivity contribution in [3.63, 3.8) is 0 Å². The van der Waals surface area contributed by atoms with Crippen LogP contribution in [0.5, 0.6) is 0 Å². The zero-order valence-electron chi connectivity index (χ0n) is 29.3. The zero-order valence-corrected chi connectivity index (χ0v) is 29.3. The van der Waals surface area contributed by atoms with Gasteiger partial charge in [-0.15, -0.1) is 0 Å². The van der Waals surface area contributed by atoms with Crippen molar-refractivity contribution in [1.29, 1.82) is 0 Å². The minimum Gasteiger partial charge on any atom is -0.394 e. The molecule has 1 saturated heterocycles. The number of hydrogen-bond donors (Lipinski definition) is 6. The van der Waals surface area contributed by atoms with E-state index in [2.05, 4.69) is 19.2 Å². The summed E-state index contributed by atoms with van der Waals surface area (Å²) in [5, 5.41) is 53.7. The average Bonchev–Trinajstić information content (AvgIpc) is 3.05. The molecule has 0 aromatic carbocycles. The predicted molar refractivity (Wildman–Crippen MR) is 184 cm³/mol. The second-order valence-electron chi connectivity index (χ2n) is 13.4. The van der Waals surface area contributed by atoms with E-state index in [9.17, 15) is 30.3 Å². The van der Waals surface area contributed by atoms with E-state index in [1.165, 1.54) is 103 Å². The third kappa shape index (κ3) is 20.3. The minimum absolute atomic E-state index is 0.180. The number of amides is 1. The van der Waals surface area contributed by atoms with Crippen LogP contribution in [0.15, 0.2) is 12.2 Å². The number of carbonyl (C=O) groups excluding carboxylic acids is 1. The largest absolute Gasteiger partial charge is 0.394 e. The normalized spacial score (nSPS) is 23.2. The van der Waals surface area contributed by atoms with Gasteiger partial charge in [-0.3, -0.25) is 4.79 Å². The molecule has 272 valence electrons. The fraction of sp³-hybridized carbons (Fsp3) is 0.919. The molecule has 2 unspecified atom stereocenters. The second kappa shape index (κ2) is 28.9. The van der Waals surface area contributed by atoms with E-state index in [1.54, 1.807) is 6.08 Å². The molecular formula is C37H71NO8. The van der Waals surface area contributed by atoms with Crippen LogP contribution in [0, 0.1) is 0 Å². The number of ether oxygens (including phenoxy) is 2. The van der Waals surface area contributed by atoms with Gasteiger partial charge >= 0.3 is 0 Å². The molecule has 1 heterocycles. The number of aliphatic hydroxyl groups excluding tert-OH is 5. The number of carbonyl (C=O) groups is 1. The molecule has 9 heteroatoms. The van der Waals surface area contributed by atoms with Crippen molar-refractivity contribution >= 4 is 5.91 Å². The number of hydrogen-bond acceptors (Lipinski definition) is 8. The van der Waals surface area contributed by atoms with Crippen LogP contribution in [-0.2, 0) is 14.3 Å². The van der Waals surface area contributed by atoms with E-state index in [4.69, 9.17) is 9.47 Å². The van der Waals surface area contributed by atoms with Gasteiger partial charge in [-0.2, -0.15) is 0 Å². The van der Waals surface area contributed by atoms with Crippen LogP contribution >= 0.6 is 0 Å². The highest BCUT2D eigenvalue weighted by molar-refractivity contribution is 5.76. The number of allylic oxidation sites excluding steroid dienone is 1. The molecule has 1 aliphatic heterocycles. The summed E-state index contributed by atoms with van der Waals surface area (Å²) in [4.78, 5) is 12.8. The summed E-state index contributed by atoms with van der Waals surface area (Å²) < 4.78 is 11.1. The summed E-state index contributed by atoms with van der Waals surface area (Å²) in [6.07, 6.45) is 22.6. The lowest BCUT2D eigenvalue weighted by Gasteiger charge is -2.40. The van der Waals surface area contributed by atoms with Crippen molar-refractivity contribution in [3.05, 3.63) is 12.2 Å². The zero-order chi connectivity index (χ0) is 33.8. The van der Waals surface area contributed by atoms with E-state index in [-0.39, 0.29) is 12.5 Å². The van der Waals surface area contributed by atoms with Gasteiger partial charge in [0.05, 0.1) is 25.4 Å². The highest BCUT2D eigenvalue weighted by Crippen LogP contribution is 2.22. The van der Waals surface area contributed by atoms with Crippen LogP contribution in [0.25, 0.3) is 0 Å². The maximum Gasteiger partial charge on any atom is 0.220 e. The van der Waals surface area contributed by atoms with Crippen molar-refractivity contribution in [2.24, 2.45) is 0 Å². The maximum atomic E-state index is 12.8. The first-order chi connectivity index (χ1) is 22.3. The van der Waals surface area contributed by atoms with Crippen LogP contribution in [0.1, 0.15) is 162 Å². The Balaban J connectivity index is 2.43. The molecule has 1 amide bonds. The standard InChI is InChI=1S/C37H71NO8/c1-3-5-7-9-11-13-14-15-16-17-19-21-23-25-27-33(41)38-30(31(40)26-24-22-20-18-12-10-8-6-4-2)29-45-37-36(44)35(43)34(42)32(28-39)46-37/h24,26,30-32,34-37,39-40,42-44H,3-23,25,27-29H2,1-2H3,(H,38,41)/b26-24+/t30-,31+,32-,34-,35?,36?,37-/m0/s1. The molecule has 46 heavy (non-hydrogen) atoms. The first-order valence-electron chi connectivity index (χ1n) is 18.9. The van der Waals surface area contributed by atoms with Crippen molar-refractivity contribution in [3.8, 4) is 0 Å². The lowest BCUT2D eigenvalue weighted by Crippen LogP contribution is -2.60. The number of nitrogens with one attached hydrogen (secondary N) is 1. The molecule has 0 aliphatic carbocycles. The summed E-state index contributed by atoms with van der Waals surface area (Å²) in [6.45, 7) is 3.72. The summed E-state index contributed by atoms with van der Waals surface area (Å²) in [7, 11) is 0. The average molecular weight is 658 g/mol. The summed E-state index contributed by atoms with van der Waals surface area (Å²) in [5.74, 6) is -0.180. The highest BCUT2D eigenvalue weighted by Gasteiger charge is 2.44. The van der Waals surface area contributed by atoms with Crippen LogP contribution in [0.4, 0.5) is 0 Å². The molecule has 0 radical (unpaired) electrons. The Morgan fingerprint density at radius 3 is 1.70 bits per heavy atom. The maximum absolute atomic E-state index is 12.8. The van der Waals surface area contributed by atoms with Crippen LogP contribution in [-0.4, -0.2) is 87.5 Å². The van der Waals surface area contributed by atoms with Crippen LogP contribution in [0.3, 0.4) is 0 Å². The molecular weight excluding hydrogens is 586 g/mol. The second-order valence-corrected chi connectivity index (χ2v) is 13.4. The topological polar surface area (TPSA) is 149 Å². The number of unbranched alkanes of at least 4 members (excludes halogenated alkanes) is 20. The van der Waals surface area contributed by atoms with Gasteiger partial charge in [0.25, 0.3) is 0 Å². The fourth-order valence-corrected chi connectivity index (χ4v) is 5.98. The predicted octanol–water partition coefficient (Wildman–Crippen LogP) is 6.22. The van der Waals surface area contributed by atoms with E-state index in [1.807, 2.05) is 6.08 Å². The summed E-state index contributed by atoms with van der Waals surface area (Å²) >= 11 is 0. The molecule has 0 aromatic rings. The smallest absolute Gasteiger partial charge is 0.220 e. The minimum atomic E-state index is -1.56. The molecule has 1 fully saturated rings. The van der Waals surface area contributed by atoms with Crippen LogP contribution in [0.2, 0.25) is 0 Å². The van der Waals surface area contributed by atoms with E-state index < -0.39 is 49.5 Å². The first-order valence-corrected chi connectivity index (χ1v) is 18.9. The van der Waals surface area contributed by atoms with Gasteiger partial charge in [-0.25, -0.2) is 0 Å². The van der Waals surface area contributed by atoms with Gasteiger partial charge in [-0.1, -0.05) is 148 Å². The van der Waals surface area contributed by atoms with Gasteiger partial charge in [0.15, 0.2) is 6.29 Å². The monoisotopic (exact) mass is 658 g/mol. The van der Waals surface area contributed by atoms with Crippen molar-refractivity contribution in [1.82, 2.24) is 5.32 Å². The van der Waals surface area contributed by atoms with Crippen molar-refractivity contribution in [2.75, 3.05) is 13.2 Å². The van der Waals surface area contributed by atoms with Gasteiger partial charge < -0.3 is 40.3 Å². The molecule has 1 aliphatic rings. The van der Waals surface area contributed by atoms with Crippen molar-refractivity contribution in [2.45, 2.75) is 204 Å². The van der Waals surface area contributed by atoms with Crippen molar-refractivity contribution < 1.29 is 39.8 Å². The van der Waals surface area contributed by atoms with Gasteiger partial charge in [0, 0.05) is 6.42 Å². The Bertz CT molecular complexity index is 736. The molecule has 9 nitrogen and oxygen atoms in total. The SMILES string of the molecule is CCCCCCCCC/C=C/[C@@H](O)[C@H](CO[C@H]1O[C@@H](CO)[C@H](O)C(O)C1O)NC(=O)CCCCCCCCCCCCCCCC. The third-order valence-corrected chi connectivity index (χ3v) is 9.11. The molecule has 6 N–H and O–H groups in total. The van der Waals surface area contributed by atoms with Gasteiger partial charge in [0.2, 0.25) is 5.91 Å². The molecule has 0 saturated carbocycles. The Labute approximate surface area is 280 Å². The Kier molecular flexibility index (Phi) is 27.0. The van der Waals surface area contributed by atoms with E-state index in [0.29, 0.717) is 6.42 Å². The lowest BCUT2D eigenvalue weighted by molar-refractivity contribution is -0.302. The van der Waals surface area contributed by atoms with Crippen LogP contribution < -0.4 is 5.32 Å². The van der Waals surface area contributed by atoms with Gasteiger partial charge in [-0.05, 0) is 19.3 Å². The molecule has 0 spiro atoms. The summed E-state index contributed by atoms with van der Waals surface area (Å²) in [5.41, 5.74) is 0. The molecule has 0 aromatic heterocycles. The Morgan fingerprint density at radius 1 is 0.717 bits per heavy atom. The number of aliphatic hydroxyl groups is 5. The Hall–Kier alpha value is -1.07. The fourth-order valence-electron chi connectivity index (χ4n) is 5.98. The molecule has 7 atom stereocenters. The van der Waals surface area contributed by atoms with E-state index in [0.717, 1.165) is 38.5 Å². The highest BCUT2D eigenvalue weighted by atomic mass is 16.7. The lowest BCUT2D eigenvalue weighted by atomic mass is 9.99. The number of rotatable bonds is 30. The van der Waals surface area contributed by atoms with E-state index >= 15 is 0 Å². The first kappa shape index (κ1) is 43.0. The third-order valence-electron chi connectivity index (χ3n) is 9.11. The summed E-state index contributed by atoms with van der Waals surface area (Å²) in [6, 6.07) is -0.795. The molecule has 1 rings (SSSR count). The van der Waals surface area contributed by atoms with Gasteiger partial charge in [0.1, 0.15) is 24.4 Å². The quantitative estimate of drug-likeness (QED) is 0.0394.